The van der Waals surface area contributed by atoms with Crippen LogP contribution in [0.25, 0.3) is 0 Å². The van der Waals surface area contributed by atoms with E-state index in [-0.39, 0.29) is 13.0 Å². The molecule has 1 amide bonds. The average Bonchev–Trinajstić information content (AvgIpc) is 3.25. The molecule has 0 spiro atoms. The molecule has 3 atom stereocenters. The van der Waals surface area contributed by atoms with E-state index in [2.05, 4.69) is 25.8 Å². The maximum Gasteiger partial charge on any atom is 0.328 e. The van der Waals surface area contributed by atoms with Crippen LogP contribution in [0.2, 0.25) is 0 Å². The SMILES string of the molecule is Cn1nnnc1SCc1cn(C[C@@]2(C)[C@H](C(=O)O)N3C(=O)C[C@H]3S2(=O)=O)nn1. The van der Waals surface area contributed by atoms with Crippen molar-refractivity contribution in [3.63, 3.8) is 0 Å². The molecule has 0 aliphatic carbocycles. The van der Waals surface area contributed by atoms with Gasteiger partial charge in [-0.05, 0) is 17.4 Å². The summed E-state index contributed by atoms with van der Waals surface area (Å²) in [5, 5.41) is 28.1. The van der Waals surface area contributed by atoms with E-state index in [9.17, 15) is 23.1 Å². The Hall–Kier alpha value is -2.55. The van der Waals surface area contributed by atoms with Crippen molar-refractivity contribution >= 4 is 33.5 Å². The Morgan fingerprint density at radius 1 is 1.39 bits per heavy atom. The van der Waals surface area contributed by atoms with Crippen LogP contribution in [0, 0.1) is 0 Å². The second kappa shape index (κ2) is 6.23. The number of hydrogen-bond acceptors (Lipinski definition) is 10. The maximum absolute atomic E-state index is 12.9. The van der Waals surface area contributed by atoms with Gasteiger partial charge in [-0.25, -0.2) is 17.9 Å². The van der Waals surface area contributed by atoms with Crippen molar-refractivity contribution in [3.8, 4) is 0 Å². The molecular formula is C13H16N8O5S2. The monoisotopic (exact) mass is 428 g/mol. The molecule has 2 aliphatic heterocycles. The number of sulfone groups is 1. The third kappa shape index (κ3) is 2.60. The van der Waals surface area contributed by atoms with E-state index in [0.717, 1.165) is 4.90 Å². The number of thioether (sulfide) groups is 1. The second-order valence-corrected chi connectivity index (χ2v) is 10.3. The second-order valence-electron chi connectivity index (χ2n) is 6.84. The summed E-state index contributed by atoms with van der Waals surface area (Å²) in [5.41, 5.74) is 0.554. The number of nitrogens with zero attached hydrogens (tertiary/aromatic N) is 8. The molecule has 4 heterocycles. The lowest BCUT2D eigenvalue weighted by molar-refractivity contribution is -0.157. The molecule has 0 saturated carbocycles. The van der Waals surface area contributed by atoms with E-state index < -0.39 is 37.9 Å². The van der Waals surface area contributed by atoms with Crippen LogP contribution in [-0.4, -0.2) is 81.7 Å². The minimum absolute atomic E-state index is 0.188. The number of hydrogen-bond donors (Lipinski definition) is 1. The summed E-state index contributed by atoms with van der Waals surface area (Å²) in [5.74, 6) is -1.43. The molecule has 150 valence electrons. The largest absolute Gasteiger partial charge is 0.480 e. The van der Waals surface area contributed by atoms with Gasteiger partial charge >= 0.3 is 5.97 Å². The number of carbonyl (C=O) groups is 2. The smallest absolute Gasteiger partial charge is 0.328 e. The van der Waals surface area contributed by atoms with Crippen LogP contribution >= 0.6 is 11.8 Å². The highest BCUT2D eigenvalue weighted by Gasteiger charge is 2.70. The van der Waals surface area contributed by atoms with Crippen molar-refractivity contribution in [1.82, 2.24) is 40.1 Å². The highest BCUT2D eigenvalue weighted by atomic mass is 32.2. The van der Waals surface area contributed by atoms with E-state index in [1.165, 1.54) is 28.0 Å². The minimum Gasteiger partial charge on any atom is -0.480 e. The van der Waals surface area contributed by atoms with Crippen molar-refractivity contribution in [2.24, 2.45) is 7.05 Å². The Morgan fingerprint density at radius 3 is 2.75 bits per heavy atom. The Labute approximate surface area is 163 Å². The zero-order valence-corrected chi connectivity index (χ0v) is 16.5. The molecule has 2 aliphatic rings. The summed E-state index contributed by atoms with van der Waals surface area (Å²) < 4.78 is 26.9. The Bertz CT molecular complexity index is 1060. The lowest BCUT2D eigenvalue weighted by Crippen LogP contribution is -2.58. The van der Waals surface area contributed by atoms with E-state index in [4.69, 9.17) is 0 Å². The molecule has 15 heteroatoms. The van der Waals surface area contributed by atoms with Gasteiger partial charge in [0.05, 0.1) is 18.7 Å². The summed E-state index contributed by atoms with van der Waals surface area (Å²) in [7, 11) is -2.20. The van der Waals surface area contributed by atoms with Gasteiger partial charge in [-0.2, -0.15) is 0 Å². The predicted molar refractivity (Wildman–Crippen MR) is 92.4 cm³/mol. The molecule has 4 rings (SSSR count). The topological polar surface area (TPSA) is 166 Å². The van der Waals surface area contributed by atoms with E-state index in [0.29, 0.717) is 16.6 Å². The maximum atomic E-state index is 12.9. The quantitative estimate of drug-likeness (QED) is 0.411. The Morgan fingerprint density at radius 2 is 2.14 bits per heavy atom. The molecule has 28 heavy (non-hydrogen) atoms. The highest BCUT2D eigenvalue weighted by Crippen LogP contribution is 2.46. The average molecular weight is 428 g/mol. The summed E-state index contributed by atoms with van der Waals surface area (Å²) in [6.45, 7) is 1.11. The highest BCUT2D eigenvalue weighted by molar-refractivity contribution is 7.98. The zero-order chi connectivity index (χ0) is 20.3. The fourth-order valence-electron chi connectivity index (χ4n) is 3.57. The number of aliphatic carboxylic acids is 1. The molecule has 0 bridgehead atoms. The number of aromatic nitrogens is 7. The number of amides is 1. The minimum atomic E-state index is -3.90. The van der Waals surface area contributed by atoms with Gasteiger partial charge in [0.1, 0.15) is 10.1 Å². The third-order valence-corrected chi connectivity index (χ3v) is 8.85. The number of tetrazole rings is 1. The van der Waals surface area contributed by atoms with E-state index in [1.807, 2.05) is 0 Å². The molecule has 2 saturated heterocycles. The first-order valence-corrected chi connectivity index (χ1v) is 10.7. The lowest BCUT2D eigenvalue weighted by atomic mass is 9.96. The van der Waals surface area contributed by atoms with Crippen molar-refractivity contribution < 1.29 is 23.1 Å². The van der Waals surface area contributed by atoms with Crippen LogP contribution in [0.5, 0.6) is 0 Å². The zero-order valence-electron chi connectivity index (χ0n) is 14.8. The Kier molecular flexibility index (Phi) is 4.18. The van der Waals surface area contributed by atoms with Gasteiger partial charge in [-0.1, -0.05) is 17.0 Å². The number of aryl methyl sites for hydroxylation is 1. The number of carbonyl (C=O) groups excluding carboxylic acids is 1. The molecule has 0 radical (unpaired) electrons. The summed E-state index contributed by atoms with van der Waals surface area (Å²) in [4.78, 5) is 24.6. The van der Waals surface area contributed by atoms with Crippen molar-refractivity contribution in [1.29, 1.82) is 0 Å². The number of β-lactam (4-membered cyclic amide) rings is 1. The number of rotatable bonds is 6. The van der Waals surface area contributed by atoms with Gasteiger partial charge in [0.2, 0.25) is 11.1 Å². The van der Waals surface area contributed by atoms with E-state index in [1.54, 1.807) is 13.2 Å². The van der Waals surface area contributed by atoms with Gasteiger partial charge in [-0.3, -0.25) is 9.48 Å². The molecule has 2 aromatic rings. The number of fused-ring (bicyclic) bond motifs is 1. The standard InChI is InChI=1S/C13H16N8O5S2/c1-13(10(11(23)24)21-8(22)3-9(21)28(13,25)26)6-20-4-7(14-17-20)5-27-12-15-16-18-19(12)2/h4,9-10H,3,5-6H2,1-2H3,(H,23,24)/t9-,10+,13+/m1/s1. The summed E-state index contributed by atoms with van der Waals surface area (Å²) in [6.07, 6.45) is 1.36. The normalized spacial score (nSPS) is 28.2. The molecule has 2 fully saturated rings. The molecule has 13 nitrogen and oxygen atoms in total. The van der Waals surface area contributed by atoms with Crippen molar-refractivity contribution in [3.05, 3.63) is 11.9 Å². The molecule has 0 unspecified atom stereocenters. The number of carboxylic acid groups (broad SMARTS) is 1. The van der Waals surface area contributed by atoms with Crippen LogP contribution in [0.1, 0.15) is 19.0 Å². The first-order chi connectivity index (χ1) is 13.1. The fourth-order valence-corrected chi connectivity index (χ4v) is 6.66. The lowest BCUT2D eigenvalue weighted by Gasteiger charge is -2.35. The van der Waals surface area contributed by atoms with Crippen molar-refractivity contribution in [2.45, 2.75) is 47.0 Å². The summed E-state index contributed by atoms with van der Waals surface area (Å²) in [6, 6.07) is -1.46. The molecule has 0 aromatic carbocycles. The molecule has 1 N–H and O–H groups in total. The fraction of sp³-hybridized carbons (Fsp3) is 0.615. The predicted octanol–water partition coefficient (Wildman–Crippen LogP) is -1.71. The van der Waals surface area contributed by atoms with Crippen LogP contribution < -0.4 is 0 Å². The first-order valence-electron chi connectivity index (χ1n) is 8.17. The van der Waals surface area contributed by atoms with Crippen LogP contribution in [0.15, 0.2) is 11.4 Å². The van der Waals surface area contributed by atoms with Gasteiger partial charge in [0.25, 0.3) is 0 Å². The molecular weight excluding hydrogens is 412 g/mol. The third-order valence-electron chi connectivity index (χ3n) is 5.04. The molecule has 2 aromatic heterocycles. The van der Waals surface area contributed by atoms with Gasteiger partial charge in [0.15, 0.2) is 15.9 Å². The van der Waals surface area contributed by atoms with Gasteiger partial charge in [0, 0.05) is 19.0 Å². The van der Waals surface area contributed by atoms with Crippen LogP contribution in [0.4, 0.5) is 0 Å². The van der Waals surface area contributed by atoms with Crippen molar-refractivity contribution in [2.75, 3.05) is 0 Å². The summed E-state index contributed by atoms with van der Waals surface area (Å²) >= 11 is 1.32. The van der Waals surface area contributed by atoms with Crippen LogP contribution in [0.3, 0.4) is 0 Å². The van der Waals surface area contributed by atoms with Gasteiger partial charge < -0.3 is 10.0 Å². The van der Waals surface area contributed by atoms with Gasteiger partial charge in [-0.15, -0.1) is 10.2 Å². The van der Waals surface area contributed by atoms with Crippen LogP contribution in [-0.2, 0) is 38.8 Å². The Balaban J connectivity index is 1.56. The number of carboxylic acids is 1. The van der Waals surface area contributed by atoms with E-state index >= 15 is 0 Å². The first kappa shape index (κ1) is 18.8.